The maximum absolute atomic E-state index is 12.5. The number of esters is 1. The molecule has 6 heteroatoms. The monoisotopic (exact) mass is 374 g/mol. The van der Waals surface area contributed by atoms with Gasteiger partial charge in [-0.1, -0.05) is 27.5 Å². The molecule has 0 amide bonds. The van der Waals surface area contributed by atoms with Gasteiger partial charge in [-0.05, 0) is 43.7 Å². The van der Waals surface area contributed by atoms with E-state index in [9.17, 15) is 4.79 Å². The predicted octanol–water partition coefficient (Wildman–Crippen LogP) is 3.00. The second-order valence-electron chi connectivity index (χ2n) is 4.96. The van der Waals surface area contributed by atoms with Crippen LogP contribution in [0, 0.1) is 0 Å². The smallest absolute Gasteiger partial charge is 0.328 e. The van der Waals surface area contributed by atoms with Crippen LogP contribution in [0.1, 0.15) is 24.9 Å². The Morgan fingerprint density at radius 1 is 1.48 bits per heavy atom. The highest BCUT2D eigenvalue weighted by Crippen LogP contribution is 2.31. The zero-order valence-corrected chi connectivity index (χ0v) is 14.4. The summed E-state index contributed by atoms with van der Waals surface area (Å²) in [5.74, 6) is -0.220. The molecule has 1 aromatic rings. The molecular formula is C15H20BrClN2O2. The van der Waals surface area contributed by atoms with E-state index in [0.717, 1.165) is 42.6 Å². The zero-order chi connectivity index (χ0) is 15.2. The van der Waals surface area contributed by atoms with Crippen LogP contribution in [0.15, 0.2) is 22.7 Å². The minimum atomic E-state index is -0.419. The molecule has 0 saturated carbocycles. The zero-order valence-electron chi connectivity index (χ0n) is 12.1. The standard InChI is InChI=1S/C15H20BrClN2O2/c1-2-21-15(20)14(19-8-3-6-18-7-9-19)12-10-11(17)4-5-13(12)16/h4-5,10,14,18H,2-3,6-9H2,1H3. The largest absolute Gasteiger partial charge is 0.465 e. The van der Waals surface area contributed by atoms with E-state index in [0.29, 0.717) is 11.6 Å². The highest BCUT2D eigenvalue weighted by Gasteiger charge is 2.31. The molecule has 1 aliphatic heterocycles. The Bertz CT molecular complexity index is 491. The summed E-state index contributed by atoms with van der Waals surface area (Å²) in [7, 11) is 0. The molecule has 116 valence electrons. The first-order valence-corrected chi connectivity index (χ1v) is 8.37. The highest BCUT2D eigenvalue weighted by molar-refractivity contribution is 9.10. The van der Waals surface area contributed by atoms with E-state index in [-0.39, 0.29) is 5.97 Å². The van der Waals surface area contributed by atoms with Crippen LogP contribution in [0.5, 0.6) is 0 Å². The molecule has 0 aliphatic carbocycles. The van der Waals surface area contributed by atoms with E-state index < -0.39 is 6.04 Å². The number of nitrogens with zero attached hydrogens (tertiary/aromatic N) is 1. The van der Waals surface area contributed by atoms with Gasteiger partial charge in [0.25, 0.3) is 0 Å². The van der Waals surface area contributed by atoms with Crippen molar-refractivity contribution in [1.29, 1.82) is 0 Å². The van der Waals surface area contributed by atoms with Crippen LogP contribution in [0.2, 0.25) is 5.02 Å². The fraction of sp³-hybridized carbons (Fsp3) is 0.533. The van der Waals surface area contributed by atoms with Crippen LogP contribution in [0.25, 0.3) is 0 Å². The van der Waals surface area contributed by atoms with Gasteiger partial charge in [-0.2, -0.15) is 0 Å². The van der Waals surface area contributed by atoms with Crippen molar-refractivity contribution in [3.05, 3.63) is 33.3 Å². The van der Waals surface area contributed by atoms with Gasteiger partial charge in [0.15, 0.2) is 0 Å². The summed E-state index contributed by atoms with van der Waals surface area (Å²) in [5.41, 5.74) is 0.864. The van der Waals surface area contributed by atoms with Gasteiger partial charge in [-0.15, -0.1) is 0 Å². The van der Waals surface area contributed by atoms with E-state index in [1.54, 1.807) is 6.07 Å². The lowest BCUT2D eigenvalue weighted by atomic mass is 10.0. The molecule has 0 radical (unpaired) electrons. The molecule has 1 atom stereocenters. The highest BCUT2D eigenvalue weighted by atomic mass is 79.9. The number of benzene rings is 1. The number of halogens is 2. The lowest BCUT2D eigenvalue weighted by molar-refractivity contribution is -0.149. The Morgan fingerprint density at radius 3 is 3.05 bits per heavy atom. The molecule has 1 saturated heterocycles. The number of hydrogen-bond acceptors (Lipinski definition) is 4. The van der Waals surface area contributed by atoms with E-state index in [4.69, 9.17) is 16.3 Å². The second-order valence-corrected chi connectivity index (χ2v) is 6.25. The molecular weight excluding hydrogens is 356 g/mol. The summed E-state index contributed by atoms with van der Waals surface area (Å²) < 4.78 is 6.16. The van der Waals surface area contributed by atoms with Crippen molar-refractivity contribution in [3.63, 3.8) is 0 Å². The SMILES string of the molecule is CCOC(=O)C(c1cc(Cl)ccc1Br)N1CCCNCC1. The second kappa shape index (κ2) is 8.13. The summed E-state index contributed by atoms with van der Waals surface area (Å²) >= 11 is 9.64. The summed E-state index contributed by atoms with van der Waals surface area (Å²) in [5, 5.41) is 3.97. The number of nitrogens with one attached hydrogen (secondary N) is 1. The summed E-state index contributed by atoms with van der Waals surface area (Å²) in [6.07, 6.45) is 1.01. The Kier molecular flexibility index (Phi) is 6.48. The molecule has 1 fully saturated rings. The fourth-order valence-corrected chi connectivity index (χ4v) is 3.19. The first-order chi connectivity index (χ1) is 10.1. The number of carbonyl (C=O) groups is 1. The number of rotatable bonds is 4. The molecule has 1 heterocycles. The Balaban J connectivity index is 2.34. The molecule has 1 unspecified atom stereocenters. The third-order valence-electron chi connectivity index (χ3n) is 3.50. The number of hydrogen-bond donors (Lipinski definition) is 1. The van der Waals surface area contributed by atoms with E-state index in [2.05, 4.69) is 26.1 Å². The quantitative estimate of drug-likeness (QED) is 0.822. The molecule has 0 aromatic heterocycles. The van der Waals surface area contributed by atoms with Gasteiger partial charge < -0.3 is 10.1 Å². The van der Waals surface area contributed by atoms with Crippen molar-refractivity contribution in [2.24, 2.45) is 0 Å². The summed E-state index contributed by atoms with van der Waals surface area (Å²) in [6, 6.07) is 5.10. The maximum atomic E-state index is 12.5. The molecule has 1 aromatic carbocycles. The lowest BCUT2D eigenvalue weighted by Crippen LogP contribution is -2.37. The Labute approximate surface area is 138 Å². The van der Waals surface area contributed by atoms with Crippen molar-refractivity contribution in [2.45, 2.75) is 19.4 Å². The third kappa shape index (κ3) is 4.42. The molecule has 21 heavy (non-hydrogen) atoms. The van der Waals surface area contributed by atoms with Crippen LogP contribution in [-0.2, 0) is 9.53 Å². The molecule has 1 N–H and O–H groups in total. The molecule has 4 nitrogen and oxygen atoms in total. The van der Waals surface area contributed by atoms with Gasteiger partial charge in [0.2, 0.25) is 0 Å². The number of ether oxygens (including phenoxy) is 1. The first-order valence-electron chi connectivity index (χ1n) is 7.20. The maximum Gasteiger partial charge on any atom is 0.328 e. The van der Waals surface area contributed by atoms with E-state index in [1.807, 2.05) is 19.1 Å². The lowest BCUT2D eigenvalue weighted by Gasteiger charge is -2.29. The van der Waals surface area contributed by atoms with Crippen LogP contribution in [-0.4, -0.2) is 43.7 Å². The van der Waals surface area contributed by atoms with Crippen molar-refractivity contribution in [3.8, 4) is 0 Å². The van der Waals surface area contributed by atoms with Crippen molar-refractivity contribution < 1.29 is 9.53 Å². The Morgan fingerprint density at radius 2 is 2.29 bits per heavy atom. The van der Waals surface area contributed by atoms with E-state index >= 15 is 0 Å². The summed E-state index contributed by atoms with van der Waals surface area (Å²) in [6.45, 7) is 5.71. The van der Waals surface area contributed by atoms with Crippen molar-refractivity contribution in [1.82, 2.24) is 10.2 Å². The minimum Gasteiger partial charge on any atom is -0.465 e. The molecule has 0 spiro atoms. The van der Waals surface area contributed by atoms with E-state index in [1.165, 1.54) is 0 Å². The topological polar surface area (TPSA) is 41.6 Å². The van der Waals surface area contributed by atoms with Gasteiger partial charge >= 0.3 is 5.97 Å². The van der Waals surface area contributed by atoms with Gasteiger partial charge in [-0.25, -0.2) is 4.79 Å². The minimum absolute atomic E-state index is 0.220. The predicted molar refractivity (Wildman–Crippen MR) is 87.6 cm³/mol. The average molecular weight is 376 g/mol. The average Bonchev–Trinajstić information content (AvgIpc) is 2.72. The van der Waals surface area contributed by atoms with Gasteiger partial charge in [0.05, 0.1) is 6.61 Å². The Hall–Kier alpha value is -0.620. The van der Waals surface area contributed by atoms with Crippen LogP contribution < -0.4 is 5.32 Å². The summed E-state index contributed by atoms with van der Waals surface area (Å²) in [4.78, 5) is 14.6. The van der Waals surface area contributed by atoms with Gasteiger partial charge in [0.1, 0.15) is 6.04 Å². The van der Waals surface area contributed by atoms with Crippen LogP contribution >= 0.6 is 27.5 Å². The molecule has 0 bridgehead atoms. The molecule has 1 aliphatic rings. The number of carbonyl (C=O) groups excluding carboxylic acids is 1. The van der Waals surface area contributed by atoms with Gasteiger partial charge in [0, 0.05) is 29.1 Å². The van der Waals surface area contributed by atoms with Crippen LogP contribution in [0.3, 0.4) is 0 Å². The van der Waals surface area contributed by atoms with Crippen molar-refractivity contribution >= 4 is 33.5 Å². The first kappa shape index (κ1) is 16.7. The van der Waals surface area contributed by atoms with Crippen molar-refractivity contribution in [2.75, 3.05) is 32.8 Å². The molecule has 2 rings (SSSR count). The third-order valence-corrected chi connectivity index (χ3v) is 4.46. The fourth-order valence-electron chi connectivity index (χ4n) is 2.54. The van der Waals surface area contributed by atoms with Gasteiger partial charge in [-0.3, -0.25) is 4.90 Å². The normalized spacial score (nSPS) is 18.0. The van der Waals surface area contributed by atoms with Crippen LogP contribution in [0.4, 0.5) is 0 Å².